The van der Waals surface area contributed by atoms with Crippen LogP contribution in [0.1, 0.15) is 25.0 Å². The number of ether oxygens (including phenoxy) is 2. The molecule has 0 amide bonds. The van der Waals surface area contributed by atoms with Crippen LogP contribution < -0.4 is 10.3 Å². The van der Waals surface area contributed by atoms with Crippen molar-refractivity contribution in [3.63, 3.8) is 0 Å². The molecule has 0 unspecified atom stereocenters. The fourth-order valence-corrected chi connectivity index (χ4v) is 4.05. The Morgan fingerprint density at radius 1 is 1.20 bits per heavy atom. The third-order valence-corrected chi connectivity index (χ3v) is 5.96. The maximum Gasteiger partial charge on any atom is 0.416 e. The van der Waals surface area contributed by atoms with Gasteiger partial charge >= 0.3 is 17.8 Å². The molecule has 1 atom stereocenters. The molecule has 0 N–H and O–H groups in total. The Bertz CT molecular complexity index is 1740. The predicted molar refractivity (Wildman–Crippen MR) is 144 cm³/mol. The number of nitrogens with zero attached hydrogens (tertiary/aromatic N) is 4. The van der Waals surface area contributed by atoms with Crippen LogP contribution in [-0.4, -0.2) is 39.5 Å². The molecule has 10 nitrogen and oxygen atoms in total. The summed E-state index contributed by atoms with van der Waals surface area (Å²) >= 11 is 6.25. The van der Waals surface area contributed by atoms with Gasteiger partial charge in [-0.3, -0.25) is 14.9 Å². The second-order valence-corrected chi connectivity index (χ2v) is 8.92. The Hall–Kier alpha value is -4.78. The highest BCUT2D eigenvalue weighted by Gasteiger charge is 2.31. The summed E-state index contributed by atoms with van der Waals surface area (Å²) < 4.78 is 51.2. The van der Waals surface area contributed by atoms with Crippen molar-refractivity contribution in [2.24, 2.45) is 5.10 Å². The van der Waals surface area contributed by atoms with Gasteiger partial charge in [0.25, 0.3) is 5.56 Å². The van der Waals surface area contributed by atoms with Crippen LogP contribution >= 0.6 is 11.6 Å². The molecule has 0 radical (unpaired) electrons. The van der Waals surface area contributed by atoms with Crippen LogP contribution in [-0.2, 0) is 15.7 Å². The standard InChI is InChI=1S/C27H20ClF3N4O6/c1-3-40-26(37)15(2)41-23-20(28)11-16(12-22(23)35(38)39)14-32-34-24(17-7-6-8-18(13-17)27(29,30)31)33-21-10-5-4-9-19(21)25(34)36/h4-15H,3H2,1-2H3/t15-/m0/s1. The minimum Gasteiger partial charge on any atom is -0.471 e. The molecular weight excluding hydrogens is 569 g/mol. The average molecular weight is 589 g/mol. The van der Waals surface area contributed by atoms with Crippen molar-refractivity contribution >= 4 is 40.4 Å². The first kappa shape index (κ1) is 29.2. The zero-order chi connectivity index (χ0) is 29.9. The smallest absolute Gasteiger partial charge is 0.416 e. The number of hydrogen-bond acceptors (Lipinski definition) is 8. The molecular formula is C27H20ClF3N4O6. The van der Waals surface area contributed by atoms with Crippen LogP contribution in [0.4, 0.5) is 18.9 Å². The number of carbonyl (C=O) groups excluding carboxylic acids is 1. The van der Waals surface area contributed by atoms with Gasteiger partial charge in [0.15, 0.2) is 11.9 Å². The van der Waals surface area contributed by atoms with Crippen LogP contribution in [0.2, 0.25) is 5.02 Å². The van der Waals surface area contributed by atoms with Crippen LogP contribution in [0.3, 0.4) is 0 Å². The topological polar surface area (TPSA) is 126 Å². The molecule has 0 aliphatic heterocycles. The molecule has 1 aromatic heterocycles. The molecule has 0 aliphatic rings. The van der Waals surface area contributed by atoms with Gasteiger partial charge in [-0.1, -0.05) is 35.9 Å². The summed E-state index contributed by atoms with van der Waals surface area (Å²) in [6, 6.07) is 12.7. The number of nitro benzene ring substituents is 1. The van der Waals surface area contributed by atoms with Gasteiger partial charge in [-0.15, -0.1) is 0 Å². The molecule has 14 heteroatoms. The van der Waals surface area contributed by atoms with Crippen molar-refractivity contribution < 1.29 is 32.4 Å². The van der Waals surface area contributed by atoms with E-state index in [0.717, 1.165) is 29.1 Å². The highest BCUT2D eigenvalue weighted by molar-refractivity contribution is 6.32. The van der Waals surface area contributed by atoms with E-state index < -0.39 is 40.0 Å². The Morgan fingerprint density at radius 2 is 1.93 bits per heavy atom. The van der Waals surface area contributed by atoms with Crippen molar-refractivity contribution in [3.8, 4) is 17.1 Å². The van der Waals surface area contributed by atoms with E-state index in [0.29, 0.717) is 0 Å². The summed E-state index contributed by atoms with van der Waals surface area (Å²) in [5, 5.41) is 15.8. The van der Waals surface area contributed by atoms with Gasteiger partial charge in [-0.05, 0) is 44.2 Å². The number of benzene rings is 3. The summed E-state index contributed by atoms with van der Waals surface area (Å²) in [6.45, 7) is 2.99. The molecule has 0 saturated carbocycles. The molecule has 0 fully saturated rings. The Labute approximate surface area is 234 Å². The highest BCUT2D eigenvalue weighted by Crippen LogP contribution is 2.37. The predicted octanol–water partition coefficient (Wildman–Crippen LogP) is 5.86. The molecule has 0 spiro atoms. The van der Waals surface area contributed by atoms with E-state index in [-0.39, 0.29) is 45.2 Å². The number of carbonyl (C=O) groups is 1. The fourth-order valence-electron chi connectivity index (χ4n) is 3.79. The largest absolute Gasteiger partial charge is 0.471 e. The zero-order valence-electron chi connectivity index (χ0n) is 21.4. The number of para-hydroxylation sites is 1. The van der Waals surface area contributed by atoms with Gasteiger partial charge < -0.3 is 9.47 Å². The number of alkyl halides is 3. The first-order valence-corrected chi connectivity index (χ1v) is 12.3. The monoisotopic (exact) mass is 588 g/mol. The molecule has 3 aromatic carbocycles. The van der Waals surface area contributed by atoms with E-state index in [1.54, 1.807) is 19.1 Å². The molecule has 212 valence electrons. The van der Waals surface area contributed by atoms with E-state index in [1.807, 2.05) is 0 Å². The lowest BCUT2D eigenvalue weighted by molar-refractivity contribution is -0.386. The maximum absolute atomic E-state index is 13.4. The molecule has 0 saturated heterocycles. The Morgan fingerprint density at radius 3 is 2.61 bits per heavy atom. The average Bonchev–Trinajstić information content (AvgIpc) is 2.93. The molecule has 1 heterocycles. The van der Waals surface area contributed by atoms with Gasteiger partial charge in [0, 0.05) is 17.2 Å². The molecule has 0 aliphatic carbocycles. The van der Waals surface area contributed by atoms with Gasteiger partial charge in [0.2, 0.25) is 5.75 Å². The van der Waals surface area contributed by atoms with E-state index >= 15 is 0 Å². The summed E-state index contributed by atoms with van der Waals surface area (Å²) in [4.78, 5) is 40.6. The van der Waals surface area contributed by atoms with Crippen LogP contribution in [0.25, 0.3) is 22.3 Å². The number of nitro groups is 1. The lowest BCUT2D eigenvalue weighted by Gasteiger charge is -2.15. The first-order valence-electron chi connectivity index (χ1n) is 12.0. The second-order valence-electron chi connectivity index (χ2n) is 8.51. The van der Waals surface area contributed by atoms with E-state index in [9.17, 15) is 32.9 Å². The van der Waals surface area contributed by atoms with Gasteiger partial charge in [-0.25, -0.2) is 9.78 Å². The van der Waals surface area contributed by atoms with E-state index in [4.69, 9.17) is 21.1 Å². The van der Waals surface area contributed by atoms with Crippen molar-refractivity contribution in [3.05, 3.63) is 97.3 Å². The van der Waals surface area contributed by atoms with Crippen LogP contribution in [0.5, 0.6) is 5.75 Å². The minimum atomic E-state index is -4.65. The van der Waals surface area contributed by atoms with Crippen molar-refractivity contribution in [2.75, 3.05) is 6.61 Å². The van der Waals surface area contributed by atoms with Gasteiger partial charge in [0.1, 0.15) is 0 Å². The minimum absolute atomic E-state index is 0.0412. The molecule has 41 heavy (non-hydrogen) atoms. The quantitative estimate of drug-likeness (QED) is 0.109. The summed E-state index contributed by atoms with van der Waals surface area (Å²) in [6.07, 6.45) is -4.79. The lowest BCUT2D eigenvalue weighted by Crippen LogP contribution is -2.26. The number of esters is 1. The van der Waals surface area contributed by atoms with Crippen molar-refractivity contribution in [1.82, 2.24) is 9.66 Å². The Balaban J connectivity index is 1.83. The van der Waals surface area contributed by atoms with E-state index in [2.05, 4.69) is 10.1 Å². The van der Waals surface area contributed by atoms with Crippen LogP contribution in [0, 0.1) is 10.1 Å². The molecule has 4 rings (SSSR count). The number of aromatic nitrogens is 2. The SMILES string of the molecule is CCOC(=O)[C@H](C)Oc1c(Cl)cc(C=Nn2c(-c3cccc(C(F)(F)F)c3)nc3ccccc3c2=O)cc1[N+](=O)[O-]. The number of halogens is 4. The number of rotatable bonds is 8. The third-order valence-electron chi connectivity index (χ3n) is 5.68. The normalized spacial score (nSPS) is 12.4. The van der Waals surface area contributed by atoms with Gasteiger partial charge in [-0.2, -0.15) is 22.9 Å². The third kappa shape index (κ3) is 6.35. The maximum atomic E-state index is 13.4. The zero-order valence-corrected chi connectivity index (χ0v) is 22.1. The fraction of sp³-hybridized carbons (Fsp3) is 0.185. The van der Waals surface area contributed by atoms with Crippen molar-refractivity contribution in [2.45, 2.75) is 26.1 Å². The number of hydrogen-bond donors (Lipinski definition) is 0. The lowest BCUT2D eigenvalue weighted by atomic mass is 10.1. The molecule has 0 bridgehead atoms. The summed E-state index contributed by atoms with van der Waals surface area (Å²) in [7, 11) is 0. The van der Waals surface area contributed by atoms with E-state index in [1.165, 1.54) is 37.3 Å². The van der Waals surface area contributed by atoms with Gasteiger partial charge in [0.05, 0.1) is 39.2 Å². The number of fused-ring (bicyclic) bond motifs is 1. The highest BCUT2D eigenvalue weighted by atomic mass is 35.5. The van der Waals surface area contributed by atoms with Crippen LogP contribution in [0.15, 0.2) is 70.6 Å². The second kappa shape index (κ2) is 11.8. The summed E-state index contributed by atoms with van der Waals surface area (Å²) in [5.41, 5.74) is -2.01. The Kier molecular flexibility index (Phi) is 8.38. The summed E-state index contributed by atoms with van der Waals surface area (Å²) in [5.74, 6) is -1.34. The molecule has 4 aromatic rings. The first-order chi connectivity index (χ1) is 19.4. The van der Waals surface area contributed by atoms with Crippen molar-refractivity contribution in [1.29, 1.82) is 0 Å².